The summed E-state index contributed by atoms with van der Waals surface area (Å²) >= 11 is 1.50. The van der Waals surface area contributed by atoms with E-state index in [0.29, 0.717) is 17.1 Å². The van der Waals surface area contributed by atoms with Crippen molar-refractivity contribution in [3.05, 3.63) is 83.9 Å². The summed E-state index contributed by atoms with van der Waals surface area (Å²) < 4.78 is 13.1. The van der Waals surface area contributed by atoms with Gasteiger partial charge >= 0.3 is 0 Å². The lowest BCUT2D eigenvalue weighted by atomic mass is 10.1. The average Bonchev–Trinajstić information content (AvgIpc) is 3.43. The number of pyridine rings is 1. The summed E-state index contributed by atoms with van der Waals surface area (Å²) in [6, 6.07) is 17.2. The van der Waals surface area contributed by atoms with Crippen LogP contribution in [0.2, 0.25) is 0 Å². The molecule has 152 valence electrons. The Kier molecular flexibility index (Phi) is 4.76. The van der Waals surface area contributed by atoms with Crippen molar-refractivity contribution in [2.24, 2.45) is 0 Å². The van der Waals surface area contributed by atoms with Crippen molar-refractivity contribution in [1.82, 2.24) is 20.2 Å². The summed E-state index contributed by atoms with van der Waals surface area (Å²) in [5, 5.41) is 10.7. The summed E-state index contributed by atoms with van der Waals surface area (Å²) in [6.45, 7) is 1.93. The third kappa shape index (κ3) is 3.80. The van der Waals surface area contributed by atoms with Crippen LogP contribution in [0.25, 0.3) is 32.2 Å². The number of fused-ring (bicyclic) bond motifs is 1. The van der Waals surface area contributed by atoms with Gasteiger partial charge in [0.25, 0.3) is 5.91 Å². The van der Waals surface area contributed by atoms with Gasteiger partial charge in [-0.15, -0.1) is 0 Å². The van der Waals surface area contributed by atoms with E-state index in [9.17, 15) is 9.18 Å². The fourth-order valence-corrected chi connectivity index (χ4v) is 4.08. The zero-order chi connectivity index (χ0) is 21.4. The van der Waals surface area contributed by atoms with E-state index in [0.717, 1.165) is 32.0 Å². The Labute approximate surface area is 180 Å². The molecule has 3 heterocycles. The molecule has 5 rings (SSSR count). The molecule has 0 saturated heterocycles. The first-order valence-corrected chi connectivity index (χ1v) is 10.3. The minimum absolute atomic E-state index is 0.313. The smallest absolute Gasteiger partial charge is 0.273 e. The van der Waals surface area contributed by atoms with Crippen molar-refractivity contribution in [2.45, 2.75) is 6.92 Å². The number of carbonyl (C=O) groups is 1. The highest BCUT2D eigenvalue weighted by molar-refractivity contribution is 7.21. The van der Waals surface area contributed by atoms with Crippen LogP contribution in [-0.4, -0.2) is 26.1 Å². The Morgan fingerprint density at radius 3 is 2.68 bits per heavy atom. The zero-order valence-corrected chi connectivity index (χ0v) is 17.2. The van der Waals surface area contributed by atoms with Crippen molar-refractivity contribution in [2.75, 3.05) is 5.32 Å². The Balaban J connectivity index is 1.40. The standard InChI is InChI=1S/C23H16FN5OS/c1-13-4-5-15(22-27-17-3-2-10-25-23(17)31-22)11-18(13)26-21(30)20-12-19(28-29-20)14-6-8-16(24)9-7-14/h2-12H,1H3,(H,26,30)(H,28,29). The first kappa shape index (κ1) is 19.1. The zero-order valence-electron chi connectivity index (χ0n) is 16.4. The Bertz CT molecular complexity index is 1370. The van der Waals surface area contributed by atoms with E-state index in [1.165, 1.54) is 23.5 Å². The SMILES string of the molecule is Cc1ccc(-c2nc3cccnc3s2)cc1NC(=O)c1cc(-c2ccc(F)cc2)n[nH]1. The lowest BCUT2D eigenvalue weighted by molar-refractivity contribution is 0.102. The third-order valence-electron chi connectivity index (χ3n) is 4.86. The predicted octanol–water partition coefficient (Wildman–Crippen LogP) is 5.45. The summed E-state index contributed by atoms with van der Waals surface area (Å²) in [5.74, 6) is -0.636. The van der Waals surface area contributed by atoms with Crippen LogP contribution >= 0.6 is 11.3 Å². The normalized spacial score (nSPS) is 11.0. The summed E-state index contributed by atoms with van der Waals surface area (Å²) in [7, 11) is 0. The molecule has 0 aliphatic carbocycles. The molecular weight excluding hydrogens is 413 g/mol. The number of nitrogens with one attached hydrogen (secondary N) is 2. The van der Waals surface area contributed by atoms with E-state index < -0.39 is 0 Å². The molecule has 0 saturated carbocycles. The molecule has 0 bridgehead atoms. The number of hydrogen-bond donors (Lipinski definition) is 2. The van der Waals surface area contributed by atoms with Crippen molar-refractivity contribution in [3.8, 4) is 21.8 Å². The van der Waals surface area contributed by atoms with Crippen molar-refractivity contribution in [1.29, 1.82) is 0 Å². The Hall–Kier alpha value is -3.91. The summed E-state index contributed by atoms with van der Waals surface area (Å²) in [5.41, 5.74) is 4.97. The average molecular weight is 429 g/mol. The van der Waals surface area contributed by atoms with Crippen molar-refractivity contribution < 1.29 is 9.18 Å². The van der Waals surface area contributed by atoms with Crippen LogP contribution in [0, 0.1) is 12.7 Å². The number of benzene rings is 2. The van der Waals surface area contributed by atoms with Gasteiger partial charge in [-0.1, -0.05) is 23.5 Å². The van der Waals surface area contributed by atoms with Crippen LogP contribution in [-0.2, 0) is 0 Å². The number of rotatable bonds is 4. The van der Waals surface area contributed by atoms with Crippen LogP contribution in [0.15, 0.2) is 66.9 Å². The van der Waals surface area contributed by atoms with Crippen molar-refractivity contribution >= 4 is 33.3 Å². The molecule has 3 aromatic heterocycles. The van der Waals surface area contributed by atoms with Gasteiger partial charge in [-0.25, -0.2) is 14.4 Å². The molecule has 0 unspecified atom stereocenters. The van der Waals surface area contributed by atoms with Crippen LogP contribution in [0.4, 0.5) is 10.1 Å². The molecule has 0 aliphatic rings. The first-order chi connectivity index (χ1) is 15.1. The number of aromatic nitrogens is 4. The van der Waals surface area contributed by atoms with Crippen LogP contribution in [0.3, 0.4) is 0 Å². The number of aromatic amines is 1. The fraction of sp³-hybridized carbons (Fsp3) is 0.0435. The van der Waals surface area contributed by atoms with Gasteiger partial charge in [-0.3, -0.25) is 9.89 Å². The molecule has 0 radical (unpaired) electrons. The molecule has 0 fully saturated rings. The molecule has 31 heavy (non-hydrogen) atoms. The maximum atomic E-state index is 13.1. The molecule has 6 nitrogen and oxygen atoms in total. The monoisotopic (exact) mass is 429 g/mol. The summed E-state index contributed by atoms with van der Waals surface area (Å²) in [6.07, 6.45) is 1.75. The lowest BCUT2D eigenvalue weighted by Gasteiger charge is -2.09. The highest BCUT2D eigenvalue weighted by Crippen LogP contribution is 2.31. The highest BCUT2D eigenvalue weighted by Gasteiger charge is 2.14. The second-order valence-corrected chi connectivity index (χ2v) is 7.98. The number of nitrogens with zero attached hydrogens (tertiary/aromatic N) is 3. The predicted molar refractivity (Wildman–Crippen MR) is 120 cm³/mol. The Morgan fingerprint density at radius 1 is 1.06 bits per heavy atom. The largest absolute Gasteiger partial charge is 0.320 e. The molecule has 2 N–H and O–H groups in total. The van der Waals surface area contributed by atoms with Gasteiger partial charge in [0.05, 0.1) is 5.69 Å². The van der Waals surface area contributed by atoms with Gasteiger partial charge in [0, 0.05) is 23.0 Å². The van der Waals surface area contributed by atoms with Crippen LogP contribution < -0.4 is 5.32 Å². The second-order valence-electron chi connectivity index (χ2n) is 7.00. The van der Waals surface area contributed by atoms with E-state index in [4.69, 9.17) is 0 Å². The molecule has 0 atom stereocenters. The lowest BCUT2D eigenvalue weighted by Crippen LogP contribution is -2.13. The third-order valence-corrected chi connectivity index (χ3v) is 5.89. The minimum atomic E-state index is -0.323. The quantitative estimate of drug-likeness (QED) is 0.398. The van der Waals surface area contributed by atoms with Crippen LogP contribution in [0.5, 0.6) is 0 Å². The molecule has 0 spiro atoms. The number of carbonyl (C=O) groups excluding carboxylic acids is 1. The highest BCUT2D eigenvalue weighted by atomic mass is 32.1. The van der Waals surface area contributed by atoms with E-state index in [1.807, 2.05) is 37.3 Å². The topological polar surface area (TPSA) is 83.6 Å². The van der Waals surface area contributed by atoms with Crippen molar-refractivity contribution in [3.63, 3.8) is 0 Å². The second kappa shape index (κ2) is 7.73. The van der Waals surface area contributed by atoms with Crippen LogP contribution in [0.1, 0.15) is 16.1 Å². The molecular formula is C23H16FN5OS. The maximum absolute atomic E-state index is 13.1. The van der Waals surface area contributed by atoms with Gasteiger partial charge in [0.2, 0.25) is 0 Å². The van der Waals surface area contributed by atoms with Gasteiger partial charge in [-0.2, -0.15) is 5.10 Å². The molecule has 2 aromatic carbocycles. The summed E-state index contributed by atoms with van der Waals surface area (Å²) in [4.78, 5) is 22.6. The number of halogens is 1. The van der Waals surface area contributed by atoms with E-state index in [2.05, 4.69) is 25.5 Å². The minimum Gasteiger partial charge on any atom is -0.320 e. The number of thiazole rings is 1. The molecule has 0 aliphatic heterocycles. The van der Waals surface area contributed by atoms with E-state index >= 15 is 0 Å². The number of H-pyrrole nitrogens is 1. The number of aryl methyl sites for hydroxylation is 1. The first-order valence-electron chi connectivity index (χ1n) is 9.52. The molecule has 8 heteroatoms. The maximum Gasteiger partial charge on any atom is 0.273 e. The fourth-order valence-electron chi connectivity index (χ4n) is 3.18. The number of anilines is 1. The van der Waals surface area contributed by atoms with Gasteiger partial charge in [-0.05, 0) is 61.0 Å². The van der Waals surface area contributed by atoms with E-state index in [1.54, 1.807) is 24.4 Å². The number of hydrogen-bond acceptors (Lipinski definition) is 5. The van der Waals surface area contributed by atoms with Gasteiger partial charge in [0.15, 0.2) is 0 Å². The number of amides is 1. The van der Waals surface area contributed by atoms with E-state index in [-0.39, 0.29) is 11.7 Å². The molecule has 5 aromatic rings. The Morgan fingerprint density at radius 2 is 1.87 bits per heavy atom. The van der Waals surface area contributed by atoms with Gasteiger partial charge < -0.3 is 5.32 Å². The van der Waals surface area contributed by atoms with Gasteiger partial charge in [0.1, 0.15) is 26.9 Å². The molecule has 1 amide bonds.